The molecule has 1 N–H and O–H groups in total. The third kappa shape index (κ3) is 1.74. The van der Waals surface area contributed by atoms with E-state index in [9.17, 15) is 5.11 Å². The Balaban J connectivity index is 1.62. The monoisotopic (exact) mass is 222 g/mol. The Morgan fingerprint density at radius 2 is 2.31 bits per heavy atom. The van der Waals surface area contributed by atoms with Gasteiger partial charge >= 0.3 is 0 Å². The number of aryl methyl sites for hydroxylation is 1. The van der Waals surface area contributed by atoms with Gasteiger partial charge in [0.1, 0.15) is 0 Å². The summed E-state index contributed by atoms with van der Waals surface area (Å²) in [7, 11) is 1.89. The highest BCUT2D eigenvalue weighted by molar-refractivity contribution is 4.98. The maximum atomic E-state index is 9.83. The van der Waals surface area contributed by atoms with Gasteiger partial charge in [0.25, 0.3) is 0 Å². The van der Waals surface area contributed by atoms with Crippen molar-refractivity contribution in [1.82, 2.24) is 19.9 Å². The van der Waals surface area contributed by atoms with E-state index in [-0.39, 0.29) is 6.10 Å². The maximum Gasteiger partial charge on any atom is 0.0967 e. The van der Waals surface area contributed by atoms with E-state index in [0.717, 1.165) is 31.7 Å². The molecule has 2 aliphatic rings. The molecule has 1 aromatic rings. The van der Waals surface area contributed by atoms with E-state index in [1.165, 1.54) is 6.42 Å². The smallest absolute Gasteiger partial charge is 0.0967 e. The number of likely N-dealkylation sites (tertiary alicyclic amines) is 1. The molecule has 1 aliphatic heterocycles. The number of nitrogens with zero attached hydrogens (tertiary/aromatic N) is 4. The van der Waals surface area contributed by atoms with E-state index in [4.69, 9.17) is 0 Å². The second-order valence-corrected chi connectivity index (χ2v) is 5.15. The summed E-state index contributed by atoms with van der Waals surface area (Å²) in [5, 5.41) is 17.9. The predicted octanol–water partition coefficient (Wildman–Crippen LogP) is 0.0178. The molecule has 0 bridgehead atoms. The van der Waals surface area contributed by atoms with Crippen molar-refractivity contribution in [3.05, 3.63) is 11.9 Å². The fourth-order valence-electron chi connectivity index (χ4n) is 3.15. The van der Waals surface area contributed by atoms with Crippen molar-refractivity contribution in [2.24, 2.45) is 18.9 Å². The van der Waals surface area contributed by atoms with Crippen molar-refractivity contribution >= 4 is 0 Å². The standard InChI is InChI=1S/C11H18N4O/c1-14-5-9(12-13-14)6-15-4-8-2-3-11(16)10(8)7-15/h5,8,10-11,16H,2-4,6-7H2,1H3. The average Bonchev–Trinajstić information content (AvgIpc) is 2.88. The first-order chi connectivity index (χ1) is 7.72. The van der Waals surface area contributed by atoms with Crippen LogP contribution in [0, 0.1) is 11.8 Å². The van der Waals surface area contributed by atoms with Crippen LogP contribution in [-0.4, -0.2) is 44.2 Å². The molecule has 0 spiro atoms. The lowest BCUT2D eigenvalue weighted by Gasteiger charge is -2.16. The van der Waals surface area contributed by atoms with Gasteiger partial charge in [-0.1, -0.05) is 5.21 Å². The van der Waals surface area contributed by atoms with E-state index in [1.54, 1.807) is 4.68 Å². The fourth-order valence-corrected chi connectivity index (χ4v) is 3.15. The number of rotatable bonds is 2. The average molecular weight is 222 g/mol. The molecule has 5 nitrogen and oxygen atoms in total. The Labute approximate surface area is 95.1 Å². The lowest BCUT2D eigenvalue weighted by molar-refractivity contribution is 0.123. The van der Waals surface area contributed by atoms with Crippen LogP contribution in [0.5, 0.6) is 0 Å². The van der Waals surface area contributed by atoms with Crippen molar-refractivity contribution in [1.29, 1.82) is 0 Å². The third-order valence-electron chi connectivity index (χ3n) is 3.93. The molecule has 0 aromatic carbocycles. The summed E-state index contributed by atoms with van der Waals surface area (Å²) < 4.78 is 1.74. The van der Waals surface area contributed by atoms with Crippen molar-refractivity contribution in [3.8, 4) is 0 Å². The second-order valence-electron chi connectivity index (χ2n) is 5.15. The zero-order valence-corrected chi connectivity index (χ0v) is 9.58. The molecule has 88 valence electrons. The van der Waals surface area contributed by atoms with Gasteiger partial charge in [-0.05, 0) is 18.8 Å². The molecule has 16 heavy (non-hydrogen) atoms. The maximum absolute atomic E-state index is 9.83. The van der Waals surface area contributed by atoms with E-state index < -0.39 is 0 Å². The third-order valence-corrected chi connectivity index (χ3v) is 3.93. The topological polar surface area (TPSA) is 54.2 Å². The molecule has 0 radical (unpaired) electrons. The highest BCUT2D eigenvalue weighted by Crippen LogP contribution is 2.38. The first-order valence-electron chi connectivity index (χ1n) is 5.98. The second kappa shape index (κ2) is 3.82. The quantitative estimate of drug-likeness (QED) is 0.766. The first-order valence-corrected chi connectivity index (χ1v) is 5.98. The number of aromatic nitrogens is 3. The Bertz CT molecular complexity index is 378. The van der Waals surface area contributed by atoms with E-state index in [1.807, 2.05) is 13.2 Å². The van der Waals surface area contributed by atoms with Crippen LogP contribution in [0.3, 0.4) is 0 Å². The summed E-state index contributed by atoms with van der Waals surface area (Å²) >= 11 is 0. The molecule has 3 atom stereocenters. The summed E-state index contributed by atoms with van der Waals surface area (Å²) in [5.41, 5.74) is 1.02. The SMILES string of the molecule is Cn1cc(CN2CC3CCC(O)C3C2)nn1. The van der Waals surface area contributed by atoms with Gasteiger partial charge in [-0.2, -0.15) is 0 Å². The number of hydrogen-bond donors (Lipinski definition) is 1. The van der Waals surface area contributed by atoms with Crippen molar-refractivity contribution in [2.45, 2.75) is 25.5 Å². The summed E-state index contributed by atoms with van der Waals surface area (Å²) in [5.74, 6) is 1.20. The molecule has 1 aliphatic carbocycles. The fraction of sp³-hybridized carbons (Fsp3) is 0.818. The van der Waals surface area contributed by atoms with Gasteiger partial charge in [0.2, 0.25) is 0 Å². The van der Waals surface area contributed by atoms with Crippen LogP contribution in [0.4, 0.5) is 0 Å². The molecule has 2 heterocycles. The first kappa shape index (κ1) is 10.2. The molecular weight excluding hydrogens is 204 g/mol. The van der Waals surface area contributed by atoms with Gasteiger partial charge in [-0.25, -0.2) is 0 Å². The normalized spacial score (nSPS) is 34.5. The summed E-state index contributed by atoms with van der Waals surface area (Å²) in [6, 6.07) is 0. The highest BCUT2D eigenvalue weighted by atomic mass is 16.3. The van der Waals surface area contributed by atoms with Crippen molar-refractivity contribution in [3.63, 3.8) is 0 Å². The summed E-state index contributed by atoms with van der Waals surface area (Å²) in [6.45, 7) is 2.99. The molecule has 5 heteroatoms. The van der Waals surface area contributed by atoms with Crippen LogP contribution in [0.25, 0.3) is 0 Å². The predicted molar refractivity (Wildman–Crippen MR) is 58.5 cm³/mol. The minimum absolute atomic E-state index is 0.0724. The van der Waals surface area contributed by atoms with Crippen LogP contribution >= 0.6 is 0 Å². The van der Waals surface area contributed by atoms with Crippen LogP contribution < -0.4 is 0 Å². The summed E-state index contributed by atoms with van der Waals surface area (Å²) in [6.07, 6.45) is 4.07. The minimum atomic E-state index is -0.0724. The largest absolute Gasteiger partial charge is 0.393 e. The van der Waals surface area contributed by atoms with Crippen molar-refractivity contribution < 1.29 is 5.11 Å². The van der Waals surface area contributed by atoms with Crippen molar-refractivity contribution in [2.75, 3.05) is 13.1 Å². The zero-order chi connectivity index (χ0) is 11.1. The van der Waals surface area contributed by atoms with Gasteiger partial charge < -0.3 is 5.11 Å². The van der Waals surface area contributed by atoms with Gasteiger partial charge in [0.15, 0.2) is 0 Å². The van der Waals surface area contributed by atoms with E-state index >= 15 is 0 Å². The van der Waals surface area contributed by atoms with Gasteiger partial charge in [-0.3, -0.25) is 9.58 Å². The molecule has 3 unspecified atom stereocenters. The lowest BCUT2D eigenvalue weighted by atomic mass is 10.00. The molecule has 3 rings (SSSR count). The Kier molecular flexibility index (Phi) is 2.44. The number of aliphatic hydroxyl groups is 1. The summed E-state index contributed by atoms with van der Waals surface area (Å²) in [4.78, 5) is 2.39. The number of hydrogen-bond acceptors (Lipinski definition) is 4. The Morgan fingerprint density at radius 1 is 1.44 bits per heavy atom. The molecule has 1 saturated heterocycles. The van der Waals surface area contributed by atoms with E-state index in [0.29, 0.717) is 11.8 Å². The minimum Gasteiger partial charge on any atom is -0.393 e. The number of aliphatic hydroxyl groups excluding tert-OH is 1. The number of fused-ring (bicyclic) bond motifs is 1. The van der Waals surface area contributed by atoms with Crippen LogP contribution in [0.2, 0.25) is 0 Å². The molecule has 1 saturated carbocycles. The molecule has 0 amide bonds. The lowest BCUT2D eigenvalue weighted by Crippen LogP contribution is -2.24. The van der Waals surface area contributed by atoms with E-state index in [2.05, 4.69) is 15.2 Å². The van der Waals surface area contributed by atoms with Gasteiger partial charge in [0.05, 0.1) is 11.8 Å². The zero-order valence-electron chi connectivity index (χ0n) is 9.58. The molecule has 1 aromatic heterocycles. The van der Waals surface area contributed by atoms with Gasteiger partial charge in [0, 0.05) is 38.8 Å². The van der Waals surface area contributed by atoms with Crippen LogP contribution in [-0.2, 0) is 13.6 Å². The Hall–Kier alpha value is -0.940. The molecular formula is C11H18N4O. The van der Waals surface area contributed by atoms with Gasteiger partial charge in [-0.15, -0.1) is 5.10 Å². The Morgan fingerprint density at radius 3 is 3.00 bits per heavy atom. The van der Waals surface area contributed by atoms with Crippen LogP contribution in [0.15, 0.2) is 6.20 Å². The highest BCUT2D eigenvalue weighted by Gasteiger charge is 2.41. The molecule has 2 fully saturated rings. The van der Waals surface area contributed by atoms with Crippen LogP contribution in [0.1, 0.15) is 18.5 Å².